The minimum Gasteiger partial charge on any atom is -0.355 e. The fourth-order valence-electron chi connectivity index (χ4n) is 2.90. The first kappa shape index (κ1) is 16.7. The lowest BCUT2D eigenvalue weighted by Crippen LogP contribution is -2.39. The van der Waals surface area contributed by atoms with Crippen molar-refractivity contribution >= 4 is 5.91 Å². The Morgan fingerprint density at radius 3 is 2.57 bits per heavy atom. The van der Waals surface area contributed by atoms with Gasteiger partial charge in [-0.05, 0) is 64.2 Å². The Morgan fingerprint density at radius 1 is 1.05 bits per heavy atom. The number of hydrogen-bond donors (Lipinski definition) is 2. The maximum atomic E-state index is 11.9. The second kappa shape index (κ2) is 9.38. The Bertz CT molecular complexity index is 307. The van der Waals surface area contributed by atoms with E-state index in [4.69, 9.17) is 5.73 Å². The van der Waals surface area contributed by atoms with Crippen LogP contribution in [-0.2, 0) is 4.79 Å². The van der Waals surface area contributed by atoms with E-state index in [0.717, 1.165) is 45.1 Å². The zero-order valence-corrected chi connectivity index (χ0v) is 13.4. The highest BCUT2D eigenvalue weighted by molar-refractivity contribution is 5.78. The number of rotatable bonds is 9. The van der Waals surface area contributed by atoms with E-state index in [1.54, 1.807) is 0 Å². The minimum absolute atomic E-state index is 0.207. The summed E-state index contributed by atoms with van der Waals surface area (Å²) in [5, 5.41) is 3.07. The number of nitrogens with two attached hydrogens (primary N) is 1. The molecule has 5 heteroatoms. The molecule has 3 N–H and O–H groups in total. The van der Waals surface area contributed by atoms with Gasteiger partial charge in [0.05, 0.1) is 6.54 Å². The van der Waals surface area contributed by atoms with Crippen LogP contribution < -0.4 is 11.1 Å². The van der Waals surface area contributed by atoms with Gasteiger partial charge in [0.25, 0.3) is 0 Å². The van der Waals surface area contributed by atoms with Gasteiger partial charge in [-0.1, -0.05) is 6.42 Å². The van der Waals surface area contributed by atoms with Gasteiger partial charge in [0.15, 0.2) is 0 Å². The molecule has 122 valence electrons. The Hall–Kier alpha value is -0.650. The van der Waals surface area contributed by atoms with Crippen molar-refractivity contribution in [3.63, 3.8) is 0 Å². The predicted molar refractivity (Wildman–Crippen MR) is 86.1 cm³/mol. The molecular weight excluding hydrogens is 264 g/mol. The molecule has 2 aliphatic rings. The molecule has 1 aliphatic carbocycles. The molecule has 0 atom stereocenters. The number of unbranched alkanes of at least 4 members (excludes halogenated alkanes) is 2. The van der Waals surface area contributed by atoms with E-state index < -0.39 is 0 Å². The van der Waals surface area contributed by atoms with Crippen molar-refractivity contribution in [2.75, 3.05) is 52.4 Å². The molecule has 1 amide bonds. The highest BCUT2D eigenvalue weighted by atomic mass is 16.2. The largest absolute Gasteiger partial charge is 0.355 e. The van der Waals surface area contributed by atoms with Crippen molar-refractivity contribution in [2.45, 2.75) is 38.5 Å². The van der Waals surface area contributed by atoms with E-state index in [2.05, 4.69) is 15.1 Å². The second-order valence-corrected chi connectivity index (χ2v) is 6.57. The molecule has 2 fully saturated rings. The third kappa shape index (κ3) is 7.25. The highest BCUT2D eigenvalue weighted by Gasteiger charge is 2.22. The molecule has 0 aromatic carbocycles. The molecule has 1 heterocycles. The molecule has 21 heavy (non-hydrogen) atoms. The van der Waals surface area contributed by atoms with Crippen molar-refractivity contribution in [3.8, 4) is 0 Å². The monoisotopic (exact) mass is 296 g/mol. The van der Waals surface area contributed by atoms with Crippen molar-refractivity contribution in [1.82, 2.24) is 15.1 Å². The van der Waals surface area contributed by atoms with Gasteiger partial charge >= 0.3 is 0 Å². The minimum atomic E-state index is 0.207. The van der Waals surface area contributed by atoms with E-state index >= 15 is 0 Å². The van der Waals surface area contributed by atoms with Crippen LogP contribution in [0.2, 0.25) is 0 Å². The molecule has 0 spiro atoms. The lowest BCUT2D eigenvalue weighted by Gasteiger charge is -2.21. The summed E-state index contributed by atoms with van der Waals surface area (Å²) in [5.74, 6) is 0.973. The first-order valence-electron chi connectivity index (χ1n) is 8.69. The van der Waals surface area contributed by atoms with Crippen LogP contribution >= 0.6 is 0 Å². The third-order valence-electron chi connectivity index (χ3n) is 4.51. The van der Waals surface area contributed by atoms with E-state index in [-0.39, 0.29) is 5.91 Å². The molecule has 0 aromatic heterocycles. The molecule has 0 aromatic rings. The van der Waals surface area contributed by atoms with Gasteiger partial charge in [-0.25, -0.2) is 0 Å². The summed E-state index contributed by atoms with van der Waals surface area (Å²) in [7, 11) is 0. The molecule has 5 nitrogen and oxygen atoms in total. The van der Waals surface area contributed by atoms with Crippen LogP contribution in [0.5, 0.6) is 0 Å². The van der Waals surface area contributed by atoms with Crippen LogP contribution in [0.25, 0.3) is 0 Å². The molecular formula is C16H32N4O. The van der Waals surface area contributed by atoms with Crippen molar-refractivity contribution in [3.05, 3.63) is 0 Å². The summed E-state index contributed by atoms with van der Waals surface area (Å²) in [5.41, 5.74) is 5.53. The average molecular weight is 296 g/mol. The fraction of sp³-hybridized carbons (Fsp3) is 0.938. The number of nitrogens with zero attached hydrogens (tertiary/aromatic N) is 2. The smallest absolute Gasteiger partial charge is 0.234 e. The van der Waals surface area contributed by atoms with Gasteiger partial charge in [-0.2, -0.15) is 0 Å². The number of amides is 1. The molecule has 1 saturated heterocycles. The van der Waals surface area contributed by atoms with Gasteiger partial charge in [0.2, 0.25) is 5.91 Å². The van der Waals surface area contributed by atoms with Crippen LogP contribution in [-0.4, -0.2) is 68.1 Å². The zero-order valence-electron chi connectivity index (χ0n) is 13.4. The van der Waals surface area contributed by atoms with E-state index in [0.29, 0.717) is 6.54 Å². The van der Waals surface area contributed by atoms with E-state index in [1.165, 1.54) is 45.2 Å². The Morgan fingerprint density at radius 2 is 1.81 bits per heavy atom. The van der Waals surface area contributed by atoms with Crippen LogP contribution in [0.3, 0.4) is 0 Å². The van der Waals surface area contributed by atoms with Gasteiger partial charge < -0.3 is 16.0 Å². The molecule has 2 rings (SSSR count). The topological polar surface area (TPSA) is 61.6 Å². The molecule has 1 saturated carbocycles. The van der Waals surface area contributed by atoms with E-state index in [1.807, 2.05) is 0 Å². The van der Waals surface area contributed by atoms with Gasteiger partial charge in [0, 0.05) is 19.6 Å². The Labute approximate surface area is 129 Å². The first-order valence-corrected chi connectivity index (χ1v) is 8.69. The number of carbonyl (C=O) groups is 1. The maximum absolute atomic E-state index is 11.9. The summed E-state index contributed by atoms with van der Waals surface area (Å²) < 4.78 is 0. The summed E-state index contributed by atoms with van der Waals surface area (Å²) >= 11 is 0. The lowest BCUT2D eigenvalue weighted by atomic mass is 10.2. The predicted octanol–water partition coefficient (Wildman–Crippen LogP) is 0.649. The van der Waals surface area contributed by atoms with Crippen LogP contribution in [0.15, 0.2) is 0 Å². The maximum Gasteiger partial charge on any atom is 0.234 e. The van der Waals surface area contributed by atoms with Gasteiger partial charge in [0.1, 0.15) is 0 Å². The van der Waals surface area contributed by atoms with Crippen LogP contribution in [0, 0.1) is 5.92 Å². The fourth-order valence-corrected chi connectivity index (χ4v) is 2.90. The number of hydrogen-bond acceptors (Lipinski definition) is 4. The Kier molecular flexibility index (Phi) is 7.47. The van der Waals surface area contributed by atoms with Crippen LogP contribution in [0.4, 0.5) is 0 Å². The SMILES string of the molecule is NCCCCCN1CCCN(CC(=O)NCC2CC2)CC1. The molecule has 0 unspecified atom stereocenters. The summed E-state index contributed by atoms with van der Waals surface area (Å²) in [6.45, 7) is 7.80. The van der Waals surface area contributed by atoms with Crippen molar-refractivity contribution in [2.24, 2.45) is 11.7 Å². The summed E-state index contributed by atoms with van der Waals surface area (Å²) in [6, 6.07) is 0. The standard InChI is InChI=1S/C16H32N4O/c17-7-2-1-3-8-19-9-4-10-20(12-11-19)14-16(21)18-13-15-5-6-15/h15H,1-14,17H2,(H,18,21). The van der Waals surface area contributed by atoms with Crippen molar-refractivity contribution in [1.29, 1.82) is 0 Å². The van der Waals surface area contributed by atoms with Gasteiger partial charge in [-0.3, -0.25) is 9.69 Å². The third-order valence-corrected chi connectivity index (χ3v) is 4.51. The number of carbonyl (C=O) groups excluding carboxylic acids is 1. The molecule has 1 aliphatic heterocycles. The average Bonchev–Trinajstić information content (AvgIpc) is 3.30. The molecule has 0 bridgehead atoms. The second-order valence-electron chi connectivity index (χ2n) is 6.57. The summed E-state index contributed by atoms with van der Waals surface area (Å²) in [6.07, 6.45) is 7.39. The van der Waals surface area contributed by atoms with Crippen LogP contribution in [0.1, 0.15) is 38.5 Å². The highest BCUT2D eigenvalue weighted by Crippen LogP contribution is 2.27. The van der Waals surface area contributed by atoms with Gasteiger partial charge in [-0.15, -0.1) is 0 Å². The molecule has 0 radical (unpaired) electrons. The summed E-state index contributed by atoms with van der Waals surface area (Å²) in [4.78, 5) is 16.8. The Balaban J connectivity index is 1.57. The first-order chi connectivity index (χ1) is 10.3. The quantitative estimate of drug-likeness (QED) is 0.613. The lowest BCUT2D eigenvalue weighted by molar-refractivity contribution is -0.122. The normalized spacial score (nSPS) is 21.2. The van der Waals surface area contributed by atoms with Crippen molar-refractivity contribution < 1.29 is 4.79 Å². The zero-order chi connectivity index (χ0) is 14.9. The number of nitrogens with one attached hydrogen (secondary N) is 1. The van der Waals surface area contributed by atoms with E-state index in [9.17, 15) is 4.79 Å².